The molecule has 1 heterocycles. The summed E-state index contributed by atoms with van der Waals surface area (Å²) in [5.74, 6) is 1.24. The molecule has 0 spiro atoms. The van der Waals surface area contributed by atoms with Crippen molar-refractivity contribution in [3.63, 3.8) is 0 Å². The Labute approximate surface area is 119 Å². The number of aryl methyl sites for hydroxylation is 2. The second-order valence-corrected chi connectivity index (χ2v) is 5.55. The summed E-state index contributed by atoms with van der Waals surface area (Å²) < 4.78 is 2.12. The Bertz CT molecular complexity index is 613. The van der Waals surface area contributed by atoms with E-state index in [1.54, 1.807) is 0 Å². The molecule has 1 aliphatic rings. The van der Waals surface area contributed by atoms with E-state index in [-0.39, 0.29) is 5.78 Å². The molecule has 104 valence electrons. The van der Waals surface area contributed by atoms with E-state index in [1.807, 2.05) is 37.3 Å². The zero-order chi connectivity index (χ0) is 13.9. The number of hydrogen-bond donors (Lipinski definition) is 0. The number of Topliss-reactive ketones (excluding diaryl/α,β-unsaturated/α-hetero) is 1. The van der Waals surface area contributed by atoms with E-state index in [0.717, 1.165) is 24.2 Å². The van der Waals surface area contributed by atoms with Crippen molar-refractivity contribution in [2.45, 2.75) is 45.6 Å². The van der Waals surface area contributed by atoms with Crippen molar-refractivity contribution >= 4 is 5.78 Å². The van der Waals surface area contributed by atoms with Gasteiger partial charge in [-0.2, -0.15) is 0 Å². The maximum absolute atomic E-state index is 12.3. The molecule has 0 bridgehead atoms. The van der Waals surface area contributed by atoms with Crippen LogP contribution in [0.2, 0.25) is 0 Å². The van der Waals surface area contributed by atoms with Gasteiger partial charge in [-0.3, -0.25) is 4.79 Å². The van der Waals surface area contributed by atoms with E-state index in [9.17, 15) is 4.79 Å². The lowest BCUT2D eigenvalue weighted by Gasteiger charge is -2.14. The molecule has 1 aromatic heterocycles. The molecule has 2 aromatic rings. The highest BCUT2D eigenvalue weighted by Gasteiger charge is 2.19. The molecule has 3 heteroatoms. The fraction of sp³-hybridized carbons (Fsp3) is 0.412. The first-order valence-corrected chi connectivity index (χ1v) is 7.34. The molecular formula is C17H20N2O. The number of nitrogens with zero attached hydrogens (tertiary/aromatic N) is 2. The highest BCUT2D eigenvalue weighted by atomic mass is 16.1. The average Bonchev–Trinajstić information content (AvgIpc) is 2.76. The summed E-state index contributed by atoms with van der Waals surface area (Å²) in [6, 6.07) is 9.95. The Hall–Kier alpha value is -1.90. The van der Waals surface area contributed by atoms with Crippen LogP contribution in [0.4, 0.5) is 0 Å². The standard InChI is InChI=1S/C17H20N2O/c1-13-18-16-9-5-6-10-17(16)19(13)12-15(20)11-14-7-3-2-4-8-14/h2-4,7-8H,5-6,9-12H2,1H3. The van der Waals surface area contributed by atoms with Gasteiger partial charge < -0.3 is 4.57 Å². The zero-order valence-corrected chi connectivity index (χ0v) is 11.9. The SMILES string of the molecule is Cc1nc2c(n1CC(=O)Cc1ccccc1)CCCC2. The summed E-state index contributed by atoms with van der Waals surface area (Å²) in [6.07, 6.45) is 5.07. The van der Waals surface area contributed by atoms with Gasteiger partial charge in [0.1, 0.15) is 5.82 Å². The van der Waals surface area contributed by atoms with Crippen LogP contribution in [0.5, 0.6) is 0 Å². The molecule has 0 atom stereocenters. The van der Waals surface area contributed by atoms with Crippen LogP contribution in [0.1, 0.15) is 35.6 Å². The van der Waals surface area contributed by atoms with E-state index < -0.39 is 0 Å². The van der Waals surface area contributed by atoms with Gasteiger partial charge in [-0.05, 0) is 38.2 Å². The van der Waals surface area contributed by atoms with Crippen LogP contribution in [0.3, 0.4) is 0 Å². The fourth-order valence-corrected chi connectivity index (χ4v) is 3.00. The molecule has 3 rings (SSSR count). The van der Waals surface area contributed by atoms with Gasteiger partial charge >= 0.3 is 0 Å². The second kappa shape index (κ2) is 5.61. The first-order valence-electron chi connectivity index (χ1n) is 7.34. The normalized spacial score (nSPS) is 14.1. The summed E-state index contributed by atoms with van der Waals surface area (Å²) in [7, 11) is 0. The zero-order valence-electron chi connectivity index (χ0n) is 11.9. The summed E-state index contributed by atoms with van der Waals surface area (Å²) in [6.45, 7) is 2.47. The second-order valence-electron chi connectivity index (χ2n) is 5.55. The van der Waals surface area contributed by atoms with E-state index in [0.29, 0.717) is 13.0 Å². The monoisotopic (exact) mass is 268 g/mol. The molecule has 0 unspecified atom stereocenters. The summed E-state index contributed by atoms with van der Waals surface area (Å²) in [5.41, 5.74) is 3.58. The topological polar surface area (TPSA) is 34.9 Å². The highest BCUT2D eigenvalue weighted by Crippen LogP contribution is 2.22. The molecule has 0 saturated carbocycles. The van der Waals surface area contributed by atoms with Gasteiger partial charge in [0, 0.05) is 12.1 Å². The van der Waals surface area contributed by atoms with Gasteiger partial charge in [0.15, 0.2) is 5.78 Å². The largest absolute Gasteiger partial charge is 0.325 e. The number of benzene rings is 1. The summed E-state index contributed by atoms with van der Waals surface area (Å²) >= 11 is 0. The Morgan fingerprint density at radius 3 is 2.75 bits per heavy atom. The van der Waals surface area contributed by atoms with Crippen LogP contribution in [0.25, 0.3) is 0 Å². The number of fused-ring (bicyclic) bond motifs is 1. The molecule has 1 aliphatic carbocycles. The van der Waals surface area contributed by atoms with E-state index in [4.69, 9.17) is 0 Å². The van der Waals surface area contributed by atoms with E-state index in [2.05, 4.69) is 9.55 Å². The molecule has 3 nitrogen and oxygen atoms in total. The summed E-state index contributed by atoms with van der Waals surface area (Å²) in [5, 5.41) is 0. The predicted molar refractivity (Wildman–Crippen MR) is 78.8 cm³/mol. The fourth-order valence-electron chi connectivity index (χ4n) is 3.00. The van der Waals surface area contributed by atoms with Crippen molar-refractivity contribution < 1.29 is 4.79 Å². The highest BCUT2D eigenvalue weighted by molar-refractivity contribution is 5.80. The molecule has 1 aromatic carbocycles. The third kappa shape index (κ3) is 2.67. The van der Waals surface area contributed by atoms with Crippen molar-refractivity contribution in [3.8, 4) is 0 Å². The van der Waals surface area contributed by atoms with Crippen LogP contribution in [-0.2, 0) is 30.6 Å². The Kier molecular flexibility index (Phi) is 3.68. The van der Waals surface area contributed by atoms with Gasteiger partial charge in [-0.15, -0.1) is 0 Å². The first-order chi connectivity index (χ1) is 9.74. The minimum atomic E-state index is 0.255. The number of carbonyl (C=O) groups is 1. The number of carbonyl (C=O) groups excluding carboxylic acids is 1. The smallest absolute Gasteiger partial charge is 0.156 e. The Morgan fingerprint density at radius 2 is 1.95 bits per heavy atom. The molecular weight excluding hydrogens is 248 g/mol. The minimum absolute atomic E-state index is 0.255. The van der Waals surface area contributed by atoms with Gasteiger partial charge in [0.05, 0.1) is 12.2 Å². The van der Waals surface area contributed by atoms with Crippen LogP contribution >= 0.6 is 0 Å². The van der Waals surface area contributed by atoms with Gasteiger partial charge in [-0.1, -0.05) is 30.3 Å². The van der Waals surface area contributed by atoms with Crippen molar-refractivity contribution in [2.75, 3.05) is 0 Å². The number of imidazole rings is 1. The van der Waals surface area contributed by atoms with Crippen LogP contribution in [0.15, 0.2) is 30.3 Å². The number of rotatable bonds is 4. The number of hydrogen-bond acceptors (Lipinski definition) is 2. The van der Waals surface area contributed by atoms with Crippen molar-refractivity contribution in [3.05, 3.63) is 53.1 Å². The lowest BCUT2D eigenvalue weighted by Crippen LogP contribution is -2.17. The Morgan fingerprint density at radius 1 is 1.20 bits per heavy atom. The van der Waals surface area contributed by atoms with Crippen LogP contribution in [0, 0.1) is 6.92 Å². The average molecular weight is 268 g/mol. The van der Waals surface area contributed by atoms with Gasteiger partial charge in [0.25, 0.3) is 0 Å². The van der Waals surface area contributed by atoms with Gasteiger partial charge in [-0.25, -0.2) is 4.98 Å². The molecule has 0 fully saturated rings. The molecule has 0 radical (unpaired) electrons. The molecule has 0 aliphatic heterocycles. The number of ketones is 1. The van der Waals surface area contributed by atoms with Crippen molar-refractivity contribution in [1.82, 2.24) is 9.55 Å². The minimum Gasteiger partial charge on any atom is -0.325 e. The number of aromatic nitrogens is 2. The van der Waals surface area contributed by atoms with Crippen molar-refractivity contribution in [2.24, 2.45) is 0 Å². The lowest BCUT2D eigenvalue weighted by atomic mass is 10.0. The van der Waals surface area contributed by atoms with Crippen LogP contribution < -0.4 is 0 Å². The van der Waals surface area contributed by atoms with Crippen molar-refractivity contribution in [1.29, 1.82) is 0 Å². The molecule has 0 N–H and O–H groups in total. The quantitative estimate of drug-likeness (QED) is 0.854. The van der Waals surface area contributed by atoms with Gasteiger partial charge in [0.2, 0.25) is 0 Å². The predicted octanol–water partition coefficient (Wildman–Crippen LogP) is 2.88. The third-order valence-corrected chi connectivity index (χ3v) is 4.00. The maximum atomic E-state index is 12.3. The third-order valence-electron chi connectivity index (χ3n) is 4.00. The Balaban J connectivity index is 1.75. The maximum Gasteiger partial charge on any atom is 0.156 e. The first kappa shape index (κ1) is 13.1. The molecule has 20 heavy (non-hydrogen) atoms. The van der Waals surface area contributed by atoms with E-state index >= 15 is 0 Å². The van der Waals surface area contributed by atoms with E-state index in [1.165, 1.54) is 24.2 Å². The molecule has 0 saturated heterocycles. The van der Waals surface area contributed by atoms with Crippen LogP contribution in [-0.4, -0.2) is 15.3 Å². The summed E-state index contributed by atoms with van der Waals surface area (Å²) in [4.78, 5) is 16.9. The lowest BCUT2D eigenvalue weighted by molar-refractivity contribution is -0.119. The molecule has 0 amide bonds.